The van der Waals surface area contributed by atoms with Gasteiger partial charge in [-0.1, -0.05) is 63.1 Å². The standard InChI is InChI=1S/C19H27NO/c1-4-6-9-14-21-19-17(15(3)20-5-2)13-12-16-10-7-8-11-18(16)19/h7-8,10-13,15,20H,4-6,9,14H2,1-3H3. The van der Waals surface area contributed by atoms with Gasteiger partial charge in [0.25, 0.3) is 0 Å². The first-order chi connectivity index (χ1) is 10.3. The Labute approximate surface area is 128 Å². The molecule has 0 amide bonds. The lowest BCUT2D eigenvalue weighted by Crippen LogP contribution is -2.18. The second-order valence-corrected chi connectivity index (χ2v) is 5.54. The van der Waals surface area contributed by atoms with Crippen LogP contribution in [-0.4, -0.2) is 13.2 Å². The molecule has 0 saturated carbocycles. The van der Waals surface area contributed by atoms with E-state index in [0.717, 1.165) is 25.3 Å². The molecule has 2 rings (SSSR count). The number of fused-ring (bicyclic) bond motifs is 1. The highest BCUT2D eigenvalue weighted by Crippen LogP contribution is 2.33. The van der Waals surface area contributed by atoms with E-state index >= 15 is 0 Å². The number of unbranched alkanes of at least 4 members (excludes halogenated alkanes) is 2. The first kappa shape index (κ1) is 15.8. The highest BCUT2D eigenvalue weighted by molar-refractivity contribution is 5.89. The van der Waals surface area contributed by atoms with E-state index in [9.17, 15) is 0 Å². The normalized spacial score (nSPS) is 12.5. The summed E-state index contributed by atoms with van der Waals surface area (Å²) in [6.07, 6.45) is 3.57. The molecule has 1 atom stereocenters. The lowest BCUT2D eigenvalue weighted by molar-refractivity contribution is 0.304. The van der Waals surface area contributed by atoms with Crippen LogP contribution in [0.25, 0.3) is 10.8 Å². The lowest BCUT2D eigenvalue weighted by Gasteiger charge is -2.19. The quantitative estimate of drug-likeness (QED) is 0.683. The molecule has 0 radical (unpaired) electrons. The summed E-state index contributed by atoms with van der Waals surface area (Å²) in [4.78, 5) is 0. The van der Waals surface area contributed by atoms with E-state index in [4.69, 9.17) is 4.74 Å². The molecule has 0 aromatic heterocycles. The monoisotopic (exact) mass is 285 g/mol. The van der Waals surface area contributed by atoms with Crippen molar-refractivity contribution in [3.8, 4) is 5.75 Å². The molecule has 0 bridgehead atoms. The highest BCUT2D eigenvalue weighted by Gasteiger charge is 2.14. The van der Waals surface area contributed by atoms with Gasteiger partial charge in [-0.25, -0.2) is 0 Å². The fourth-order valence-corrected chi connectivity index (χ4v) is 2.70. The van der Waals surface area contributed by atoms with Gasteiger partial charge in [-0.15, -0.1) is 0 Å². The summed E-state index contributed by atoms with van der Waals surface area (Å²) in [7, 11) is 0. The Morgan fingerprint density at radius 3 is 2.62 bits per heavy atom. The summed E-state index contributed by atoms with van der Waals surface area (Å²) < 4.78 is 6.18. The molecule has 2 heteroatoms. The topological polar surface area (TPSA) is 21.3 Å². The SMILES string of the molecule is CCCCCOc1c(C(C)NCC)ccc2ccccc12. The predicted octanol–water partition coefficient (Wildman–Crippen LogP) is 5.08. The maximum atomic E-state index is 6.18. The Morgan fingerprint density at radius 1 is 1.05 bits per heavy atom. The van der Waals surface area contributed by atoms with Gasteiger partial charge in [-0.2, -0.15) is 0 Å². The van der Waals surface area contributed by atoms with Crippen molar-refractivity contribution in [1.29, 1.82) is 0 Å². The van der Waals surface area contributed by atoms with Crippen LogP contribution in [0.4, 0.5) is 0 Å². The smallest absolute Gasteiger partial charge is 0.131 e. The van der Waals surface area contributed by atoms with Crippen molar-refractivity contribution in [2.45, 2.75) is 46.1 Å². The number of hydrogen-bond donors (Lipinski definition) is 1. The number of hydrogen-bond acceptors (Lipinski definition) is 2. The molecule has 0 saturated heterocycles. The largest absolute Gasteiger partial charge is 0.493 e. The van der Waals surface area contributed by atoms with Crippen LogP contribution in [0.15, 0.2) is 36.4 Å². The van der Waals surface area contributed by atoms with Gasteiger partial charge in [0, 0.05) is 17.0 Å². The third kappa shape index (κ3) is 3.98. The molecule has 2 aromatic rings. The van der Waals surface area contributed by atoms with Gasteiger partial charge in [-0.3, -0.25) is 0 Å². The highest BCUT2D eigenvalue weighted by atomic mass is 16.5. The molecular formula is C19H27NO. The maximum absolute atomic E-state index is 6.18. The molecular weight excluding hydrogens is 258 g/mol. The predicted molar refractivity (Wildman–Crippen MR) is 91.1 cm³/mol. The van der Waals surface area contributed by atoms with Gasteiger partial charge < -0.3 is 10.1 Å². The van der Waals surface area contributed by atoms with Crippen LogP contribution in [0.3, 0.4) is 0 Å². The molecule has 114 valence electrons. The molecule has 0 aliphatic carbocycles. The van der Waals surface area contributed by atoms with Gasteiger partial charge >= 0.3 is 0 Å². The molecule has 2 aromatic carbocycles. The van der Waals surface area contributed by atoms with Gasteiger partial charge in [0.15, 0.2) is 0 Å². The molecule has 1 unspecified atom stereocenters. The van der Waals surface area contributed by atoms with Gasteiger partial charge in [0.1, 0.15) is 5.75 Å². The van der Waals surface area contributed by atoms with Crippen LogP contribution in [0, 0.1) is 0 Å². The van der Waals surface area contributed by atoms with Gasteiger partial charge in [0.2, 0.25) is 0 Å². The van der Waals surface area contributed by atoms with Gasteiger partial charge in [-0.05, 0) is 25.3 Å². The van der Waals surface area contributed by atoms with E-state index in [1.165, 1.54) is 29.2 Å². The van der Waals surface area contributed by atoms with E-state index in [2.05, 4.69) is 62.5 Å². The fourth-order valence-electron chi connectivity index (χ4n) is 2.70. The van der Waals surface area contributed by atoms with E-state index in [0.29, 0.717) is 6.04 Å². The summed E-state index contributed by atoms with van der Waals surface area (Å²) in [6.45, 7) is 8.32. The molecule has 0 spiro atoms. The molecule has 0 heterocycles. The summed E-state index contributed by atoms with van der Waals surface area (Å²) in [6, 6.07) is 13.2. The van der Waals surface area contributed by atoms with Crippen LogP contribution in [0.1, 0.15) is 51.6 Å². The summed E-state index contributed by atoms with van der Waals surface area (Å²) in [5.74, 6) is 1.05. The van der Waals surface area contributed by atoms with E-state index < -0.39 is 0 Å². The van der Waals surface area contributed by atoms with Crippen LogP contribution in [0.5, 0.6) is 5.75 Å². The lowest BCUT2D eigenvalue weighted by atomic mass is 10.0. The summed E-state index contributed by atoms with van der Waals surface area (Å²) in [5, 5.41) is 5.95. The summed E-state index contributed by atoms with van der Waals surface area (Å²) in [5.41, 5.74) is 1.26. The maximum Gasteiger partial charge on any atom is 0.131 e. The number of nitrogens with one attached hydrogen (secondary N) is 1. The molecule has 0 aliphatic heterocycles. The Morgan fingerprint density at radius 2 is 1.86 bits per heavy atom. The first-order valence-corrected chi connectivity index (χ1v) is 8.15. The average Bonchev–Trinajstić information content (AvgIpc) is 2.51. The minimum absolute atomic E-state index is 0.306. The summed E-state index contributed by atoms with van der Waals surface area (Å²) >= 11 is 0. The number of rotatable bonds is 8. The zero-order valence-corrected chi connectivity index (χ0v) is 13.5. The van der Waals surface area contributed by atoms with Crippen molar-refractivity contribution < 1.29 is 4.74 Å². The van der Waals surface area contributed by atoms with Crippen molar-refractivity contribution in [1.82, 2.24) is 5.32 Å². The third-order valence-electron chi connectivity index (χ3n) is 3.88. The van der Waals surface area contributed by atoms with E-state index in [1.807, 2.05) is 0 Å². The van der Waals surface area contributed by atoms with E-state index in [-0.39, 0.29) is 0 Å². The van der Waals surface area contributed by atoms with Gasteiger partial charge in [0.05, 0.1) is 6.61 Å². The van der Waals surface area contributed by atoms with Crippen LogP contribution >= 0.6 is 0 Å². The van der Waals surface area contributed by atoms with Crippen molar-refractivity contribution in [2.75, 3.05) is 13.2 Å². The molecule has 2 nitrogen and oxygen atoms in total. The molecule has 0 fully saturated rings. The minimum atomic E-state index is 0.306. The number of benzene rings is 2. The first-order valence-electron chi connectivity index (χ1n) is 8.15. The fraction of sp³-hybridized carbons (Fsp3) is 0.474. The van der Waals surface area contributed by atoms with Crippen LogP contribution in [-0.2, 0) is 0 Å². The van der Waals surface area contributed by atoms with Crippen molar-refractivity contribution in [3.63, 3.8) is 0 Å². The van der Waals surface area contributed by atoms with Crippen molar-refractivity contribution in [3.05, 3.63) is 42.0 Å². The molecule has 1 N–H and O–H groups in total. The van der Waals surface area contributed by atoms with Crippen LogP contribution in [0.2, 0.25) is 0 Å². The Balaban J connectivity index is 2.32. The molecule has 0 aliphatic rings. The minimum Gasteiger partial charge on any atom is -0.493 e. The Hall–Kier alpha value is -1.54. The van der Waals surface area contributed by atoms with Crippen LogP contribution < -0.4 is 10.1 Å². The zero-order valence-electron chi connectivity index (χ0n) is 13.5. The average molecular weight is 285 g/mol. The third-order valence-corrected chi connectivity index (χ3v) is 3.88. The Kier molecular flexibility index (Phi) is 6.06. The van der Waals surface area contributed by atoms with Crippen molar-refractivity contribution in [2.24, 2.45) is 0 Å². The molecule has 21 heavy (non-hydrogen) atoms. The second kappa shape index (κ2) is 8.04. The zero-order chi connectivity index (χ0) is 15.1. The second-order valence-electron chi connectivity index (χ2n) is 5.54. The van der Waals surface area contributed by atoms with Crippen molar-refractivity contribution >= 4 is 10.8 Å². The Bertz CT molecular complexity index is 564. The number of ether oxygens (including phenoxy) is 1. The van der Waals surface area contributed by atoms with E-state index in [1.54, 1.807) is 0 Å².